The highest BCUT2D eigenvalue weighted by molar-refractivity contribution is 5.72. The van der Waals surface area contributed by atoms with Gasteiger partial charge in [0.05, 0.1) is 0 Å². The normalized spacial score (nSPS) is 19.8. The maximum atomic E-state index is 12.7. The standard InChI is InChI=1S/C31H50O9/c1-5-9-13-19-25(32)36-23-17-18-24-29(38-26(33)20-14-10-6-2)30(39-27(34)21-15-11-7-3)31(37-24)40-28(35)22-16-12-8-4/h24,29-31H,5-16,18-22H2,1-4H3/t24-,29-,30+,31+/m1/s1. The highest BCUT2D eigenvalue weighted by atomic mass is 16.7. The Bertz CT molecular complexity index is 813. The average Bonchev–Trinajstić information content (AvgIpc) is 3.22. The number of hydrogen-bond acceptors (Lipinski definition) is 9. The summed E-state index contributed by atoms with van der Waals surface area (Å²) in [6.45, 7) is 8.15. The summed E-state index contributed by atoms with van der Waals surface area (Å²) in [5.74, 6) is 0.921. The van der Waals surface area contributed by atoms with Crippen LogP contribution in [0.25, 0.3) is 0 Å². The van der Waals surface area contributed by atoms with Crippen LogP contribution in [0, 0.1) is 12.0 Å². The smallest absolute Gasteiger partial charge is 0.319 e. The molecule has 1 saturated heterocycles. The summed E-state index contributed by atoms with van der Waals surface area (Å²) in [7, 11) is 0. The first-order chi connectivity index (χ1) is 19.4. The molecule has 0 radical (unpaired) electrons. The number of unbranched alkanes of at least 4 members (excludes halogenated alkanes) is 8. The zero-order valence-electron chi connectivity index (χ0n) is 25.0. The van der Waals surface area contributed by atoms with E-state index in [1.165, 1.54) is 0 Å². The summed E-state index contributed by atoms with van der Waals surface area (Å²) in [5.41, 5.74) is 0. The third kappa shape index (κ3) is 15.3. The quantitative estimate of drug-likeness (QED) is 0.0725. The Morgan fingerprint density at radius 1 is 0.575 bits per heavy atom. The van der Waals surface area contributed by atoms with Gasteiger partial charge in [-0.2, -0.15) is 0 Å². The molecule has 0 spiro atoms. The number of carbonyl (C=O) groups is 4. The van der Waals surface area contributed by atoms with Crippen molar-refractivity contribution in [2.24, 2.45) is 0 Å². The summed E-state index contributed by atoms with van der Waals surface area (Å²) < 4.78 is 28.0. The summed E-state index contributed by atoms with van der Waals surface area (Å²) >= 11 is 0. The molecular formula is C31H50O9. The predicted molar refractivity (Wildman–Crippen MR) is 150 cm³/mol. The molecule has 1 aliphatic heterocycles. The molecule has 0 unspecified atom stereocenters. The molecule has 4 atom stereocenters. The van der Waals surface area contributed by atoms with Gasteiger partial charge in [0.2, 0.25) is 12.4 Å². The van der Waals surface area contributed by atoms with Gasteiger partial charge in [0.25, 0.3) is 0 Å². The largest absolute Gasteiger partial charge is 0.455 e. The molecule has 1 fully saturated rings. The topological polar surface area (TPSA) is 114 Å². The highest BCUT2D eigenvalue weighted by Gasteiger charge is 2.51. The number of ether oxygens (including phenoxy) is 5. The van der Waals surface area contributed by atoms with E-state index in [1.807, 2.05) is 27.7 Å². The Balaban J connectivity index is 3.04. The van der Waals surface area contributed by atoms with E-state index in [2.05, 4.69) is 12.0 Å². The highest BCUT2D eigenvalue weighted by Crippen LogP contribution is 2.31. The number of hydrogen-bond donors (Lipinski definition) is 0. The van der Waals surface area contributed by atoms with E-state index in [0.717, 1.165) is 57.8 Å². The summed E-state index contributed by atoms with van der Waals surface area (Å²) in [5, 5.41) is 0. The van der Waals surface area contributed by atoms with Crippen LogP contribution in [0.4, 0.5) is 0 Å². The minimum absolute atomic E-state index is 0.0168. The van der Waals surface area contributed by atoms with Gasteiger partial charge >= 0.3 is 23.9 Å². The first-order valence-electron chi connectivity index (χ1n) is 15.3. The van der Waals surface area contributed by atoms with Crippen molar-refractivity contribution in [2.45, 2.75) is 161 Å². The van der Waals surface area contributed by atoms with Crippen LogP contribution in [0.15, 0.2) is 0 Å². The average molecular weight is 567 g/mol. The molecule has 1 heterocycles. The first-order valence-corrected chi connectivity index (χ1v) is 15.3. The zero-order valence-corrected chi connectivity index (χ0v) is 25.0. The maximum absolute atomic E-state index is 12.7. The lowest BCUT2D eigenvalue weighted by Crippen LogP contribution is -2.41. The SMILES string of the molecule is CCCCCC(=O)OC#CC[C@H]1O[C@@H](OC(=O)CCCCC)[C@@H](OC(=O)CCCCC)[C@@H]1OC(=O)CCCCC. The van der Waals surface area contributed by atoms with Crippen molar-refractivity contribution in [3.63, 3.8) is 0 Å². The lowest BCUT2D eigenvalue weighted by Gasteiger charge is -2.24. The second kappa shape index (κ2) is 22.1. The molecule has 1 aliphatic rings. The summed E-state index contributed by atoms with van der Waals surface area (Å²) in [6.07, 6.45) is 9.18. The third-order valence-electron chi connectivity index (χ3n) is 6.53. The van der Waals surface area contributed by atoms with Gasteiger partial charge in [0.15, 0.2) is 6.10 Å². The fraction of sp³-hybridized carbons (Fsp3) is 0.806. The summed E-state index contributed by atoms with van der Waals surface area (Å²) in [4.78, 5) is 49.7. The minimum Gasteiger partial charge on any atom is -0.455 e. The van der Waals surface area contributed by atoms with Crippen molar-refractivity contribution in [3.05, 3.63) is 0 Å². The Labute approximate surface area is 240 Å². The van der Waals surface area contributed by atoms with E-state index >= 15 is 0 Å². The van der Waals surface area contributed by atoms with Crippen LogP contribution >= 0.6 is 0 Å². The van der Waals surface area contributed by atoms with Crippen molar-refractivity contribution in [1.82, 2.24) is 0 Å². The Morgan fingerprint density at radius 3 is 1.48 bits per heavy atom. The Hall–Kier alpha value is -2.60. The number of esters is 4. The molecule has 0 saturated carbocycles. The zero-order chi connectivity index (χ0) is 29.6. The van der Waals surface area contributed by atoms with E-state index in [1.54, 1.807) is 0 Å². The molecular weight excluding hydrogens is 516 g/mol. The van der Waals surface area contributed by atoms with E-state index in [9.17, 15) is 19.2 Å². The Kier molecular flexibility index (Phi) is 19.6. The van der Waals surface area contributed by atoms with E-state index in [-0.39, 0.29) is 32.1 Å². The predicted octanol–water partition coefficient (Wildman–Crippen LogP) is 6.29. The van der Waals surface area contributed by atoms with Gasteiger partial charge in [-0.15, -0.1) is 0 Å². The van der Waals surface area contributed by atoms with Gasteiger partial charge in [-0.05, 0) is 25.7 Å². The molecule has 0 N–H and O–H groups in total. The molecule has 0 aromatic rings. The summed E-state index contributed by atoms with van der Waals surface area (Å²) in [6, 6.07) is 0. The van der Waals surface area contributed by atoms with Crippen molar-refractivity contribution in [1.29, 1.82) is 0 Å². The van der Waals surface area contributed by atoms with E-state index < -0.39 is 48.5 Å². The molecule has 0 aromatic carbocycles. The molecule has 1 rings (SSSR count). The minimum atomic E-state index is -1.24. The second-order valence-corrected chi connectivity index (χ2v) is 10.2. The monoisotopic (exact) mass is 566 g/mol. The molecule has 0 amide bonds. The molecule has 9 nitrogen and oxygen atoms in total. The van der Waals surface area contributed by atoms with Crippen molar-refractivity contribution >= 4 is 23.9 Å². The molecule has 228 valence electrons. The van der Waals surface area contributed by atoms with Crippen LogP contribution in [0.5, 0.6) is 0 Å². The van der Waals surface area contributed by atoms with Gasteiger partial charge in [-0.25, -0.2) is 0 Å². The third-order valence-corrected chi connectivity index (χ3v) is 6.53. The lowest BCUT2D eigenvalue weighted by atomic mass is 10.1. The van der Waals surface area contributed by atoms with Crippen LogP contribution in [0.2, 0.25) is 0 Å². The van der Waals surface area contributed by atoms with Crippen LogP contribution < -0.4 is 0 Å². The molecule has 0 aromatic heterocycles. The van der Waals surface area contributed by atoms with Gasteiger partial charge in [-0.3, -0.25) is 19.2 Å². The molecule has 40 heavy (non-hydrogen) atoms. The van der Waals surface area contributed by atoms with Crippen molar-refractivity contribution in [2.75, 3.05) is 0 Å². The van der Waals surface area contributed by atoms with Crippen LogP contribution in [-0.2, 0) is 42.9 Å². The van der Waals surface area contributed by atoms with Crippen molar-refractivity contribution < 1.29 is 42.9 Å². The van der Waals surface area contributed by atoms with Gasteiger partial charge in [0.1, 0.15) is 12.2 Å². The number of rotatable bonds is 20. The van der Waals surface area contributed by atoms with E-state index in [4.69, 9.17) is 23.7 Å². The van der Waals surface area contributed by atoms with Crippen LogP contribution in [-0.4, -0.2) is 48.5 Å². The van der Waals surface area contributed by atoms with Gasteiger partial charge in [0, 0.05) is 32.1 Å². The fourth-order valence-electron chi connectivity index (χ4n) is 4.19. The van der Waals surface area contributed by atoms with E-state index in [0.29, 0.717) is 19.3 Å². The Morgan fingerprint density at radius 2 is 1.00 bits per heavy atom. The van der Waals surface area contributed by atoms with Crippen LogP contribution in [0.1, 0.15) is 137 Å². The van der Waals surface area contributed by atoms with Gasteiger partial charge in [-0.1, -0.05) is 85.0 Å². The second-order valence-electron chi connectivity index (χ2n) is 10.2. The molecule has 0 bridgehead atoms. The van der Waals surface area contributed by atoms with Crippen molar-refractivity contribution in [3.8, 4) is 12.0 Å². The molecule has 9 heteroatoms. The molecule has 0 aliphatic carbocycles. The number of carbonyl (C=O) groups excluding carboxylic acids is 4. The first kappa shape index (κ1) is 35.4. The van der Waals surface area contributed by atoms with Crippen LogP contribution in [0.3, 0.4) is 0 Å². The lowest BCUT2D eigenvalue weighted by molar-refractivity contribution is -0.198. The maximum Gasteiger partial charge on any atom is 0.319 e. The fourth-order valence-corrected chi connectivity index (χ4v) is 4.19. The van der Waals surface area contributed by atoms with Gasteiger partial charge < -0.3 is 23.7 Å².